The fraction of sp³-hybridized carbons (Fsp3) is 0.333. The Morgan fingerprint density at radius 1 is 1.54 bits per heavy atom. The molecule has 0 bridgehead atoms. The molecule has 0 saturated carbocycles. The third-order valence-electron chi connectivity index (χ3n) is 1.66. The van der Waals surface area contributed by atoms with Gasteiger partial charge in [0, 0.05) is 12.1 Å². The molecule has 0 fully saturated rings. The van der Waals surface area contributed by atoms with Crippen molar-refractivity contribution in [3.63, 3.8) is 0 Å². The van der Waals surface area contributed by atoms with Crippen LogP contribution >= 0.6 is 11.6 Å². The van der Waals surface area contributed by atoms with Crippen LogP contribution in [-0.2, 0) is 4.74 Å². The molecule has 72 valence electrons. The fourth-order valence-electron chi connectivity index (χ4n) is 1.07. The van der Waals surface area contributed by atoms with Crippen molar-refractivity contribution in [2.24, 2.45) is 5.73 Å². The van der Waals surface area contributed by atoms with Gasteiger partial charge in [0.25, 0.3) is 0 Å². The van der Waals surface area contributed by atoms with Gasteiger partial charge in [0.05, 0.1) is 12.6 Å². The monoisotopic (exact) mass is 203 g/mol. The summed E-state index contributed by atoms with van der Waals surface area (Å²) in [6.45, 7) is 0.347. The third-order valence-corrected chi connectivity index (χ3v) is 1.88. The predicted octanol–water partition coefficient (Wildman–Crippen LogP) is 2.13. The summed E-state index contributed by atoms with van der Waals surface area (Å²) in [6, 6.07) is 3.90. The van der Waals surface area contributed by atoms with E-state index in [4.69, 9.17) is 22.1 Å². The van der Waals surface area contributed by atoms with Gasteiger partial charge in [0.15, 0.2) is 0 Å². The number of nitrogens with two attached hydrogens (primary N) is 1. The Kier molecular flexibility index (Phi) is 3.66. The standard InChI is InChI=1S/C9H11ClFNO/c1-13-5-9(12)6-2-7(10)4-8(11)3-6/h2-4,9H,5,12H2,1H3/t9-/m1/s1. The van der Waals surface area contributed by atoms with Crippen LogP contribution < -0.4 is 5.73 Å². The molecule has 13 heavy (non-hydrogen) atoms. The third kappa shape index (κ3) is 2.95. The van der Waals surface area contributed by atoms with Gasteiger partial charge in [-0.25, -0.2) is 4.39 Å². The molecule has 2 N–H and O–H groups in total. The molecule has 1 aromatic rings. The molecule has 0 radical (unpaired) electrons. The molecule has 1 atom stereocenters. The molecule has 1 aromatic carbocycles. The van der Waals surface area contributed by atoms with Crippen molar-refractivity contribution in [1.82, 2.24) is 0 Å². The van der Waals surface area contributed by atoms with Crippen LogP contribution in [0.2, 0.25) is 5.02 Å². The topological polar surface area (TPSA) is 35.2 Å². The van der Waals surface area contributed by atoms with E-state index >= 15 is 0 Å². The van der Waals surface area contributed by atoms with Crippen LogP contribution in [0.15, 0.2) is 18.2 Å². The number of ether oxygens (including phenoxy) is 1. The largest absolute Gasteiger partial charge is 0.383 e. The van der Waals surface area contributed by atoms with Crippen molar-refractivity contribution in [1.29, 1.82) is 0 Å². The second-order valence-corrected chi connectivity index (χ2v) is 3.20. The lowest BCUT2D eigenvalue weighted by Crippen LogP contribution is -2.16. The molecule has 2 nitrogen and oxygen atoms in total. The Hall–Kier alpha value is -0.640. The Morgan fingerprint density at radius 3 is 2.77 bits per heavy atom. The van der Waals surface area contributed by atoms with Crippen molar-refractivity contribution in [2.75, 3.05) is 13.7 Å². The summed E-state index contributed by atoms with van der Waals surface area (Å²) in [5.41, 5.74) is 6.34. The zero-order valence-electron chi connectivity index (χ0n) is 7.26. The van der Waals surface area contributed by atoms with E-state index in [1.165, 1.54) is 12.1 Å². The van der Waals surface area contributed by atoms with Gasteiger partial charge in [-0.3, -0.25) is 0 Å². The van der Waals surface area contributed by atoms with Gasteiger partial charge in [-0.15, -0.1) is 0 Å². The summed E-state index contributed by atoms with van der Waals surface area (Å²) in [4.78, 5) is 0. The van der Waals surface area contributed by atoms with Gasteiger partial charge < -0.3 is 10.5 Å². The number of methoxy groups -OCH3 is 1. The van der Waals surface area contributed by atoms with Gasteiger partial charge in [-0.05, 0) is 23.8 Å². The van der Waals surface area contributed by atoms with E-state index < -0.39 is 0 Å². The highest BCUT2D eigenvalue weighted by Crippen LogP contribution is 2.18. The van der Waals surface area contributed by atoms with E-state index in [2.05, 4.69) is 0 Å². The molecule has 0 amide bonds. The molecule has 0 saturated heterocycles. The lowest BCUT2D eigenvalue weighted by atomic mass is 10.1. The first-order chi connectivity index (χ1) is 6.13. The summed E-state index contributed by atoms with van der Waals surface area (Å²) in [5, 5.41) is 0.349. The summed E-state index contributed by atoms with van der Waals surface area (Å²) < 4.78 is 17.7. The van der Waals surface area contributed by atoms with Gasteiger partial charge in [0.1, 0.15) is 5.82 Å². The summed E-state index contributed by atoms with van der Waals surface area (Å²) in [7, 11) is 1.54. The summed E-state index contributed by atoms with van der Waals surface area (Å²) in [5.74, 6) is -0.381. The second-order valence-electron chi connectivity index (χ2n) is 2.76. The van der Waals surface area contributed by atoms with Gasteiger partial charge in [-0.2, -0.15) is 0 Å². The van der Waals surface area contributed by atoms with E-state index in [1.54, 1.807) is 13.2 Å². The van der Waals surface area contributed by atoms with E-state index in [0.717, 1.165) is 0 Å². The lowest BCUT2D eigenvalue weighted by Gasteiger charge is -2.10. The number of rotatable bonds is 3. The molecule has 0 aromatic heterocycles. The Balaban J connectivity index is 2.87. The van der Waals surface area contributed by atoms with Crippen molar-refractivity contribution in [3.8, 4) is 0 Å². The molecule has 1 rings (SSSR count). The van der Waals surface area contributed by atoms with Crippen LogP contribution in [0.1, 0.15) is 11.6 Å². The quantitative estimate of drug-likeness (QED) is 0.817. The van der Waals surface area contributed by atoms with Crippen LogP contribution in [0.4, 0.5) is 4.39 Å². The molecule has 0 aliphatic rings. The number of hydrogen-bond acceptors (Lipinski definition) is 2. The Labute approximate surface area is 81.4 Å². The summed E-state index contributed by atoms with van der Waals surface area (Å²) >= 11 is 5.66. The first-order valence-corrected chi connectivity index (χ1v) is 4.22. The SMILES string of the molecule is COC[C@@H](N)c1cc(F)cc(Cl)c1. The van der Waals surface area contributed by atoms with Crippen molar-refractivity contribution >= 4 is 11.6 Å². The highest BCUT2D eigenvalue weighted by atomic mass is 35.5. The number of hydrogen-bond donors (Lipinski definition) is 1. The minimum Gasteiger partial charge on any atom is -0.383 e. The van der Waals surface area contributed by atoms with Gasteiger partial charge in [-0.1, -0.05) is 11.6 Å². The van der Waals surface area contributed by atoms with E-state index in [1.807, 2.05) is 0 Å². The molecular formula is C9H11ClFNO. The van der Waals surface area contributed by atoms with Gasteiger partial charge >= 0.3 is 0 Å². The zero-order chi connectivity index (χ0) is 9.84. The smallest absolute Gasteiger partial charge is 0.125 e. The second kappa shape index (κ2) is 4.56. The average Bonchev–Trinajstić information content (AvgIpc) is 2.03. The minimum atomic E-state index is -0.381. The maximum atomic E-state index is 12.8. The maximum absolute atomic E-state index is 12.8. The Bertz CT molecular complexity index is 273. The first-order valence-electron chi connectivity index (χ1n) is 3.84. The molecule has 0 aliphatic heterocycles. The van der Waals surface area contributed by atoms with Crippen LogP contribution in [0, 0.1) is 5.82 Å². The normalized spacial score (nSPS) is 12.9. The van der Waals surface area contributed by atoms with Crippen molar-refractivity contribution < 1.29 is 9.13 Å². The maximum Gasteiger partial charge on any atom is 0.125 e. The molecule has 0 aliphatic carbocycles. The van der Waals surface area contributed by atoms with Crippen LogP contribution in [-0.4, -0.2) is 13.7 Å². The highest BCUT2D eigenvalue weighted by Gasteiger charge is 2.07. The van der Waals surface area contributed by atoms with Crippen molar-refractivity contribution in [3.05, 3.63) is 34.6 Å². The lowest BCUT2D eigenvalue weighted by molar-refractivity contribution is 0.181. The summed E-state index contributed by atoms with van der Waals surface area (Å²) in [6.07, 6.45) is 0. The van der Waals surface area contributed by atoms with Crippen LogP contribution in [0.25, 0.3) is 0 Å². The van der Waals surface area contributed by atoms with Crippen molar-refractivity contribution in [2.45, 2.75) is 6.04 Å². The molecule has 0 unspecified atom stereocenters. The van der Waals surface area contributed by atoms with Crippen LogP contribution in [0.5, 0.6) is 0 Å². The molecular weight excluding hydrogens is 193 g/mol. The first kappa shape index (κ1) is 10.4. The molecule has 0 spiro atoms. The van der Waals surface area contributed by atoms with E-state index in [-0.39, 0.29) is 11.9 Å². The average molecular weight is 204 g/mol. The predicted molar refractivity (Wildman–Crippen MR) is 50.2 cm³/mol. The number of benzene rings is 1. The van der Waals surface area contributed by atoms with Crippen LogP contribution in [0.3, 0.4) is 0 Å². The van der Waals surface area contributed by atoms with E-state index in [9.17, 15) is 4.39 Å². The highest BCUT2D eigenvalue weighted by molar-refractivity contribution is 6.30. The fourth-order valence-corrected chi connectivity index (χ4v) is 1.30. The zero-order valence-corrected chi connectivity index (χ0v) is 8.01. The van der Waals surface area contributed by atoms with Gasteiger partial charge in [0.2, 0.25) is 0 Å². The molecule has 0 heterocycles. The number of halogens is 2. The molecule has 4 heteroatoms. The Morgan fingerprint density at radius 2 is 2.23 bits per heavy atom. The minimum absolute atomic E-state index is 0.335. The van der Waals surface area contributed by atoms with E-state index in [0.29, 0.717) is 17.2 Å².